The minimum absolute atomic E-state index is 0.513. The second-order valence-electron chi connectivity index (χ2n) is 4.78. The summed E-state index contributed by atoms with van der Waals surface area (Å²) in [6.07, 6.45) is 0. The lowest BCUT2D eigenvalue weighted by Crippen LogP contribution is -2.39. The number of aromatic nitrogens is 1. The van der Waals surface area contributed by atoms with Crippen molar-refractivity contribution in [2.75, 3.05) is 18.6 Å². The quantitative estimate of drug-likeness (QED) is 0.573. The van der Waals surface area contributed by atoms with E-state index in [-0.39, 0.29) is 0 Å². The number of nitrogen functional groups attached to an aromatic ring is 1. The van der Waals surface area contributed by atoms with Gasteiger partial charge in [0.05, 0.1) is 0 Å². The molecule has 0 spiro atoms. The average molecular weight is 252 g/mol. The summed E-state index contributed by atoms with van der Waals surface area (Å²) in [5.41, 5.74) is 2.50. The van der Waals surface area contributed by atoms with E-state index in [1.165, 1.54) is 0 Å². The first-order chi connectivity index (χ1) is 8.54. The van der Waals surface area contributed by atoms with Crippen LogP contribution in [-0.2, 0) is 0 Å². The largest absolute Gasteiger partial charge is 0.476 e. The Morgan fingerprint density at radius 2 is 1.94 bits per heavy atom. The highest BCUT2D eigenvalue weighted by atomic mass is 16.5. The van der Waals surface area contributed by atoms with E-state index in [1.807, 2.05) is 12.1 Å². The van der Waals surface area contributed by atoms with Crippen molar-refractivity contribution >= 4 is 5.82 Å². The summed E-state index contributed by atoms with van der Waals surface area (Å²) in [5.74, 6) is 6.50. The molecule has 102 valence electrons. The van der Waals surface area contributed by atoms with E-state index < -0.39 is 0 Å². The van der Waals surface area contributed by atoms with Crippen molar-refractivity contribution in [1.82, 2.24) is 9.88 Å². The van der Waals surface area contributed by atoms with E-state index in [0.717, 1.165) is 6.54 Å². The van der Waals surface area contributed by atoms with Crippen molar-refractivity contribution in [3.63, 3.8) is 0 Å². The van der Waals surface area contributed by atoms with Gasteiger partial charge in [-0.05, 0) is 33.8 Å². The Hall–Kier alpha value is -1.33. The summed E-state index contributed by atoms with van der Waals surface area (Å²) >= 11 is 0. The Morgan fingerprint density at radius 1 is 1.28 bits per heavy atom. The number of nitrogens with one attached hydrogen (secondary N) is 1. The van der Waals surface area contributed by atoms with Gasteiger partial charge in [-0.2, -0.15) is 4.98 Å². The molecule has 0 fully saturated rings. The number of pyridine rings is 1. The van der Waals surface area contributed by atoms with Crippen molar-refractivity contribution in [2.24, 2.45) is 5.84 Å². The van der Waals surface area contributed by atoms with Crippen molar-refractivity contribution in [1.29, 1.82) is 0 Å². The maximum Gasteiger partial charge on any atom is 0.215 e. The van der Waals surface area contributed by atoms with Crippen LogP contribution in [0.25, 0.3) is 0 Å². The van der Waals surface area contributed by atoms with E-state index in [4.69, 9.17) is 10.6 Å². The Kier molecular flexibility index (Phi) is 5.88. The highest BCUT2D eigenvalue weighted by Crippen LogP contribution is 2.11. The van der Waals surface area contributed by atoms with Crippen molar-refractivity contribution < 1.29 is 4.74 Å². The van der Waals surface area contributed by atoms with Gasteiger partial charge in [0.25, 0.3) is 0 Å². The molecular weight excluding hydrogens is 228 g/mol. The maximum absolute atomic E-state index is 5.63. The summed E-state index contributed by atoms with van der Waals surface area (Å²) in [6.45, 7) is 10.3. The smallest absolute Gasteiger partial charge is 0.215 e. The summed E-state index contributed by atoms with van der Waals surface area (Å²) < 4.78 is 5.63. The van der Waals surface area contributed by atoms with Crippen LogP contribution in [-0.4, -0.2) is 35.1 Å². The lowest BCUT2D eigenvalue weighted by molar-refractivity contribution is 0.140. The summed E-state index contributed by atoms with van der Waals surface area (Å²) in [4.78, 5) is 6.58. The first-order valence-corrected chi connectivity index (χ1v) is 6.36. The summed E-state index contributed by atoms with van der Waals surface area (Å²) in [7, 11) is 0. The zero-order valence-corrected chi connectivity index (χ0v) is 11.7. The highest BCUT2D eigenvalue weighted by Gasteiger charge is 2.12. The maximum atomic E-state index is 5.63. The van der Waals surface area contributed by atoms with Crippen LogP contribution in [0.5, 0.6) is 5.88 Å². The number of anilines is 1. The molecular formula is C13H24N4O. The van der Waals surface area contributed by atoms with Crippen LogP contribution in [0.1, 0.15) is 27.7 Å². The monoisotopic (exact) mass is 252 g/mol. The molecule has 0 aliphatic heterocycles. The fraction of sp³-hybridized carbons (Fsp3) is 0.615. The molecule has 5 nitrogen and oxygen atoms in total. The minimum Gasteiger partial charge on any atom is -0.476 e. The van der Waals surface area contributed by atoms with Crippen LogP contribution >= 0.6 is 0 Å². The zero-order chi connectivity index (χ0) is 13.5. The Labute approximate surface area is 109 Å². The molecule has 0 amide bonds. The lowest BCUT2D eigenvalue weighted by Gasteiger charge is -2.30. The molecule has 0 radical (unpaired) electrons. The van der Waals surface area contributed by atoms with Gasteiger partial charge >= 0.3 is 0 Å². The molecule has 18 heavy (non-hydrogen) atoms. The van der Waals surface area contributed by atoms with Crippen LogP contribution in [0.3, 0.4) is 0 Å². The molecule has 3 N–H and O–H groups in total. The number of nitrogens with zero attached hydrogens (tertiary/aromatic N) is 2. The number of ether oxygens (including phenoxy) is 1. The topological polar surface area (TPSA) is 63.4 Å². The molecule has 0 unspecified atom stereocenters. The molecule has 0 bridgehead atoms. The van der Waals surface area contributed by atoms with Gasteiger partial charge in [-0.15, -0.1) is 0 Å². The standard InChI is InChI=1S/C13H24N4O/c1-10(2)17(11(3)4)8-9-18-13-7-5-6-12(15-13)16-14/h5-7,10-11H,8-9,14H2,1-4H3,(H,15,16). The average Bonchev–Trinajstić information content (AvgIpc) is 2.34. The molecule has 1 heterocycles. The van der Waals surface area contributed by atoms with Crippen molar-refractivity contribution in [3.05, 3.63) is 18.2 Å². The van der Waals surface area contributed by atoms with Gasteiger partial charge in [0.2, 0.25) is 5.88 Å². The Morgan fingerprint density at radius 3 is 2.50 bits per heavy atom. The van der Waals surface area contributed by atoms with Crippen molar-refractivity contribution in [2.45, 2.75) is 39.8 Å². The first-order valence-electron chi connectivity index (χ1n) is 6.36. The van der Waals surface area contributed by atoms with Gasteiger partial charge in [-0.3, -0.25) is 4.90 Å². The van der Waals surface area contributed by atoms with E-state index in [9.17, 15) is 0 Å². The predicted octanol–water partition coefficient (Wildman–Crippen LogP) is 1.86. The second kappa shape index (κ2) is 7.18. The first kappa shape index (κ1) is 14.7. The molecule has 5 heteroatoms. The number of hydrogen-bond acceptors (Lipinski definition) is 5. The third-order valence-electron chi connectivity index (χ3n) is 2.80. The summed E-state index contributed by atoms with van der Waals surface area (Å²) in [5, 5.41) is 0. The Balaban J connectivity index is 2.44. The van der Waals surface area contributed by atoms with Crippen molar-refractivity contribution in [3.8, 4) is 5.88 Å². The lowest BCUT2D eigenvalue weighted by atomic mass is 10.2. The van der Waals surface area contributed by atoms with Crippen LogP contribution in [0.2, 0.25) is 0 Å². The molecule has 0 aliphatic carbocycles. The zero-order valence-electron chi connectivity index (χ0n) is 11.7. The summed E-state index contributed by atoms with van der Waals surface area (Å²) in [6, 6.07) is 6.51. The molecule has 0 saturated heterocycles. The van der Waals surface area contributed by atoms with Gasteiger partial charge in [0.15, 0.2) is 0 Å². The van der Waals surface area contributed by atoms with E-state index >= 15 is 0 Å². The fourth-order valence-electron chi connectivity index (χ4n) is 1.94. The van der Waals surface area contributed by atoms with Gasteiger partial charge in [-0.25, -0.2) is 5.84 Å². The van der Waals surface area contributed by atoms with Gasteiger partial charge in [-0.1, -0.05) is 6.07 Å². The molecule has 0 aromatic carbocycles. The van der Waals surface area contributed by atoms with Gasteiger partial charge in [0.1, 0.15) is 12.4 Å². The van der Waals surface area contributed by atoms with Gasteiger partial charge < -0.3 is 10.2 Å². The van der Waals surface area contributed by atoms with E-state index in [2.05, 4.69) is 43.0 Å². The third kappa shape index (κ3) is 4.50. The fourth-order valence-corrected chi connectivity index (χ4v) is 1.94. The molecule has 0 aliphatic rings. The normalized spacial score (nSPS) is 11.3. The minimum atomic E-state index is 0.513. The molecule has 1 rings (SSSR count). The Bertz CT molecular complexity index is 347. The molecule has 0 saturated carbocycles. The molecule has 1 aromatic rings. The second-order valence-corrected chi connectivity index (χ2v) is 4.78. The molecule has 1 aromatic heterocycles. The predicted molar refractivity (Wildman–Crippen MR) is 74.5 cm³/mol. The van der Waals surface area contributed by atoms with E-state index in [1.54, 1.807) is 6.07 Å². The van der Waals surface area contributed by atoms with Gasteiger partial charge in [0, 0.05) is 24.7 Å². The van der Waals surface area contributed by atoms with Crippen LogP contribution in [0.15, 0.2) is 18.2 Å². The third-order valence-corrected chi connectivity index (χ3v) is 2.80. The number of rotatable bonds is 7. The van der Waals surface area contributed by atoms with Crippen LogP contribution in [0.4, 0.5) is 5.82 Å². The SMILES string of the molecule is CC(C)N(CCOc1cccc(NN)n1)C(C)C. The molecule has 0 atom stereocenters. The van der Waals surface area contributed by atoms with Crippen LogP contribution < -0.4 is 16.0 Å². The number of hydrogen-bond donors (Lipinski definition) is 2. The number of nitrogens with two attached hydrogens (primary N) is 1. The number of hydrazine groups is 1. The van der Waals surface area contributed by atoms with E-state index in [0.29, 0.717) is 30.4 Å². The highest BCUT2D eigenvalue weighted by molar-refractivity contribution is 5.35. The van der Waals surface area contributed by atoms with Crippen LogP contribution in [0, 0.1) is 0 Å².